The van der Waals surface area contributed by atoms with E-state index in [1.807, 2.05) is 48.7 Å². The summed E-state index contributed by atoms with van der Waals surface area (Å²) >= 11 is 1.73. The average molecular weight is 599 g/mol. The first-order valence-electron chi connectivity index (χ1n) is 15.0. The molecular formula is C40H26N2O2S. The van der Waals surface area contributed by atoms with Crippen molar-refractivity contribution < 1.29 is 9.47 Å². The zero-order valence-corrected chi connectivity index (χ0v) is 25.0. The van der Waals surface area contributed by atoms with E-state index >= 15 is 0 Å². The van der Waals surface area contributed by atoms with Crippen LogP contribution in [0, 0.1) is 0 Å². The van der Waals surface area contributed by atoms with Crippen LogP contribution in [0.5, 0.6) is 23.0 Å². The lowest BCUT2D eigenvalue weighted by molar-refractivity contribution is 0.472. The number of pyridine rings is 1. The largest absolute Gasteiger partial charge is 0.456 e. The summed E-state index contributed by atoms with van der Waals surface area (Å²) < 4.78 is 15.0. The van der Waals surface area contributed by atoms with Crippen LogP contribution in [-0.4, -0.2) is 11.5 Å². The van der Waals surface area contributed by atoms with Crippen LogP contribution in [0.3, 0.4) is 0 Å². The van der Waals surface area contributed by atoms with E-state index < -0.39 is 0 Å². The second-order valence-electron chi connectivity index (χ2n) is 11.1. The molecule has 7 aromatic rings. The van der Waals surface area contributed by atoms with Gasteiger partial charge >= 0.3 is 0 Å². The lowest BCUT2D eigenvalue weighted by Crippen LogP contribution is -2.14. The predicted octanol–water partition coefficient (Wildman–Crippen LogP) is 10.8. The number of dihydropyridines is 1. The molecule has 0 aliphatic carbocycles. The molecule has 0 saturated heterocycles. The van der Waals surface area contributed by atoms with Crippen LogP contribution in [0.25, 0.3) is 59.4 Å². The van der Waals surface area contributed by atoms with Crippen LogP contribution in [0.4, 0.5) is 0 Å². The first-order chi connectivity index (χ1) is 22.3. The molecular weight excluding hydrogens is 573 g/mol. The third-order valence-electron chi connectivity index (χ3n) is 8.46. The summed E-state index contributed by atoms with van der Waals surface area (Å²) in [6.07, 6.45) is 8.16. The van der Waals surface area contributed by atoms with Crippen molar-refractivity contribution in [1.29, 1.82) is 0 Å². The predicted molar refractivity (Wildman–Crippen MR) is 185 cm³/mol. The zero-order chi connectivity index (χ0) is 29.7. The molecule has 0 spiro atoms. The van der Waals surface area contributed by atoms with Gasteiger partial charge in [0.25, 0.3) is 0 Å². The minimum absolute atomic E-state index is 0.768. The summed E-state index contributed by atoms with van der Waals surface area (Å²) in [7, 11) is 0. The highest BCUT2D eigenvalue weighted by molar-refractivity contribution is 7.25. The number of nitrogens with zero attached hydrogens (tertiary/aromatic N) is 1. The summed E-state index contributed by atoms with van der Waals surface area (Å²) in [5.74, 6) is 3.09. The van der Waals surface area contributed by atoms with Crippen molar-refractivity contribution in [2.75, 3.05) is 6.54 Å². The van der Waals surface area contributed by atoms with Gasteiger partial charge in [-0.1, -0.05) is 72.8 Å². The van der Waals surface area contributed by atoms with Gasteiger partial charge in [-0.25, -0.2) is 4.98 Å². The molecule has 4 nitrogen and oxygen atoms in total. The maximum absolute atomic E-state index is 6.92. The van der Waals surface area contributed by atoms with Crippen molar-refractivity contribution in [3.05, 3.63) is 145 Å². The van der Waals surface area contributed by atoms with Gasteiger partial charge in [-0.15, -0.1) is 11.3 Å². The molecule has 0 atom stereocenters. The molecule has 9 rings (SSSR count). The van der Waals surface area contributed by atoms with E-state index in [9.17, 15) is 0 Å². The van der Waals surface area contributed by atoms with Crippen LogP contribution in [0.15, 0.2) is 140 Å². The van der Waals surface area contributed by atoms with E-state index in [0.717, 1.165) is 79.0 Å². The van der Waals surface area contributed by atoms with Crippen molar-refractivity contribution >= 4 is 37.3 Å². The number of benzene rings is 5. The lowest BCUT2D eigenvalue weighted by atomic mass is 9.94. The number of hydrogen-bond acceptors (Lipinski definition) is 5. The van der Waals surface area contributed by atoms with Crippen LogP contribution in [-0.2, 0) is 0 Å². The van der Waals surface area contributed by atoms with Gasteiger partial charge in [-0.3, -0.25) is 0 Å². The quantitative estimate of drug-likeness (QED) is 0.215. The van der Waals surface area contributed by atoms with Crippen molar-refractivity contribution in [2.45, 2.75) is 0 Å². The smallest absolute Gasteiger partial charge is 0.136 e. The molecule has 5 heteroatoms. The average Bonchev–Trinajstić information content (AvgIpc) is 3.48. The summed E-state index contributed by atoms with van der Waals surface area (Å²) in [4.78, 5) is 5.69. The molecule has 0 unspecified atom stereocenters. The Bertz CT molecular complexity index is 2350. The molecule has 5 aromatic carbocycles. The van der Waals surface area contributed by atoms with Crippen molar-refractivity contribution in [2.24, 2.45) is 0 Å². The van der Waals surface area contributed by atoms with Gasteiger partial charge in [0.2, 0.25) is 0 Å². The van der Waals surface area contributed by atoms with E-state index in [1.54, 1.807) is 11.3 Å². The topological polar surface area (TPSA) is 43.4 Å². The van der Waals surface area contributed by atoms with Crippen molar-refractivity contribution in [1.82, 2.24) is 10.3 Å². The Hall–Kier alpha value is -5.65. The van der Waals surface area contributed by atoms with Gasteiger partial charge in [-0.05, 0) is 71.8 Å². The summed E-state index contributed by atoms with van der Waals surface area (Å²) in [5, 5.41) is 5.87. The van der Waals surface area contributed by atoms with Crippen LogP contribution < -0.4 is 14.8 Å². The first-order valence-corrected chi connectivity index (χ1v) is 15.8. The monoisotopic (exact) mass is 598 g/mol. The number of fused-ring (bicyclic) bond motifs is 9. The number of aromatic nitrogens is 1. The van der Waals surface area contributed by atoms with Gasteiger partial charge < -0.3 is 14.8 Å². The molecule has 0 bridgehead atoms. The van der Waals surface area contributed by atoms with Gasteiger partial charge in [0.1, 0.15) is 27.8 Å². The van der Waals surface area contributed by atoms with E-state index in [1.165, 1.54) is 15.5 Å². The summed E-state index contributed by atoms with van der Waals surface area (Å²) in [6.45, 7) is 0.797. The standard InChI is InChI=1S/C40H26N2O2S/c1-3-14-34-28(9-1)29-10-2-4-15-35(29)44-37-24-26(33-13-5-6-21-41-33)18-20-31(37)30-19-17-25(23-36(30)43-34)27-11-7-16-38-39(27)32-12-8-22-42-40(32)45-38/h1-20,22-24,41H,21H2. The third-order valence-corrected chi connectivity index (χ3v) is 9.54. The van der Waals surface area contributed by atoms with E-state index in [0.29, 0.717) is 0 Å². The molecule has 0 saturated carbocycles. The Morgan fingerprint density at radius 3 is 2.00 bits per heavy atom. The Kier molecular flexibility index (Phi) is 6.03. The summed E-state index contributed by atoms with van der Waals surface area (Å²) in [5.41, 5.74) is 8.25. The fraction of sp³-hybridized carbons (Fsp3) is 0.0250. The van der Waals surface area contributed by atoms with Gasteiger partial charge in [0, 0.05) is 61.7 Å². The molecule has 4 heterocycles. The van der Waals surface area contributed by atoms with Gasteiger partial charge in [0.05, 0.1) is 0 Å². The molecule has 2 aromatic heterocycles. The minimum atomic E-state index is 0.768. The van der Waals surface area contributed by atoms with Gasteiger partial charge in [0.15, 0.2) is 0 Å². The number of rotatable bonds is 2. The maximum Gasteiger partial charge on any atom is 0.136 e. The Morgan fingerprint density at radius 1 is 0.600 bits per heavy atom. The van der Waals surface area contributed by atoms with Crippen molar-refractivity contribution in [3.63, 3.8) is 0 Å². The maximum atomic E-state index is 6.92. The van der Waals surface area contributed by atoms with E-state index in [-0.39, 0.29) is 0 Å². The Balaban J connectivity index is 1.29. The second-order valence-corrected chi connectivity index (χ2v) is 12.2. The molecule has 0 amide bonds. The number of nitrogens with one attached hydrogen (secondary N) is 1. The highest BCUT2D eigenvalue weighted by atomic mass is 32.1. The Morgan fingerprint density at radius 2 is 1.27 bits per heavy atom. The second kappa shape index (κ2) is 10.5. The molecule has 214 valence electrons. The molecule has 0 radical (unpaired) electrons. The SMILES string of the molecule is C1=CCNC(c2ccc3c(c2)Oc2ccccc2-c2ccccc2Oc2cc(-c4cccc5sc6ncccc6c45)ccc2-3)=C1. The van der Waals surface area contributed by atoms with E-state index in [4.69, 9.17) is 9.47 Å². The lowest BCUT2D eigenvalue weighted by Gasteiger charge is -2.23. The van der Waals surface area contributed by atoms with E-state index in [2.05, 4.69) is 101 Å². The molecule has 2 aliphatic heterocycles. The summed E-state index contributed by atoms with van der Waals surface area (Å²) in [6, 6.07) is 39.9. The number of thiophene rings is 1. The third kappa shape index (κ3) is 4.40. The van der Waals surface area contributed by atoms with Crippen molar-refractivity contribution in [3.8, 4) is 56.4 Å². The fourth-order valence-electron chi connectivity index (χ4n) is 6.35. The molecule has 1 N–H and O–H groups in total. The zero-order valence-electron chi connectivity index (χ0n) is 24.2. The number of ether oxygens (including phenoxy) is 2. The molecule has 2 aliphatic rings. The fourth-order valence-corrected chi connectivity index (χ4v) is 7.42. The Labute approximate surface area is 264 Å². The van der Waals surface area contributed by atoms with Gasteiger partial charge in [-0.2, -0.15) is 0 Å². The molecule has 0 fully saturated rings. The normalized spacial score (nSPS) is 13.4. The minimum Gasteiger partial charge on any atom is -0.456 e. The van der Waals surface area contributed by atoms with Crippen LogP contribution in [0.2, 0.25) is 0 Å². The number of para-hydroxylation sites is 2. The molecule has 45 heavy (non-hydrogen) atoms. The highest BCUT2D eigenvalue weighted by Gasteiger charge is 2.22. The van der Waals surface area contributed by atoms with Crippen LogP contribution >= 0.6 is 11.3 Å². The number of allylic oxidation sites excluding steroid dienone is 2. The van der Waals surface area contributed by atoms with Crippen LogP contribution in [0.1, 0.15) is 5.56 Å². The highest BCUT2D eigenvalue weighted by Crippen LogP contribution is 2.49. The first kappa shape index (κ1) is 25.8. The number of hydrogen-bond donors (Lipinski definition) is 1.